The van der Waals surface area contributed by atoms with Gasteiger partial charge in [-0.2, -0.15) is 0 Å². The van der Waals surface area contributed by atoms with Gasteiger partial charge in [-0.3, -0.25) is 14.8 Å². The van der Waals surface area contributed by atoms with Gasteiger partial charge < -0.3 is 10.0 Å². The maximum atomic E-state index is 13.8. The number of β-amino-alcohol motifs (C(OH)–C–C–N with tert-alkyl or cyclic N) is 1. The highest BCUT2D eigenvalue weighted by Gasteiger charge is 2.28. The second-order valence-electron chi connectivity index (χ2n) is 6.15. The van der Waals surface area contributed by atoms with Gasteiger partial charge in [0, 0.05) is 58.1 Å². The molecule has 2 saturated heterocycles. The van der Waals surface area contributed by atoms with Crippen LogP contribution in [0.4, 0.5) is 10.1 Å². The lowest BCUT2D eigenvalue weighted by Crippen LogP contribution is -2.53. The Morgan fingerprint density at radius 3 is 2.50 bits per heavy atom. The quantitative estimate of drug-likeness (QED) is 0.891. The Bertz CT molecular complexity index is 471. The molecule has 3 rings (SSSR count). The summed E-state index contributed by atoms with van der Waals surface area (Å²) in [6.45, 7) is 7.08. The van der Waals surface area contributed by atoms with Gasteiger partial charge in [0.05, 0.1) is 18.5 Å². The molecule has 0 aromatic carbocycles. The standard InChI is InChI=1S/C16H25FN4O/c17-15-13-18-4-1-16(15)21-5-2-14(3-6-21)20-9-7-19(8-10-20)11-12-22/h1,4,13-14,22H,2-3,5-12H2. The lowest BCUT2D eigenvalue weighted by Gasteiger charge is -2.43. The molecule has 2 aliphatic rings. The first kappa shape index (κ1) is 15.6. The third-order valence-electron chi connectivity index (χ3n) is 4.90. The summed E-state index contributed by atoms with van der Waals surface area (Å²) in [5.74, 6) is -0.224. The molecular formula is C16H25FN4O. The third kappa shape index (κ3) is 3.56. The summed E-state index contributed by atoms with van der Waals surface area (Å²) in [5.41, 5.74) is 0.682. The van der Waals surface area contributed by atoms with E-state index in [1.54, 1.807) is 12.3 Å². The molecule has 0 saturated carbocycles. The van der Waals surface area contributed by atoms with Gasteiger partial charge >= 0.3 is 0 Å². The smallest absolute Gasteiger partial charge is 0.164 e. The number of pyridine rings is 1. The van der Waals surface area contributed by atoms with E-state index in [0.29, 0.717) is 11.7 Å². The molecule has 6 heteroatoms. The Labute approximate surface area is 131 Å². The summed E-state index contributed by atoms with van der Waals surface area (Å²) in [4.78, 5) is 10.8. The fraction of sp³-hybridized carbons (Fsp3) is 0.688. The topological polar surface area (TPSA) is 42.8 Å². The van der Waals surface area contributed by atoms with E-state index in [0.717, 1.165) is 58.7 Å². The van der Waals surface area contributed by atoms with Crippen LogP contribution in [0.2, 0.25) is 0 Å². The van der Waals surface area contributed by atoms with E-state index in [2.05, 4.69) is 19.7 Å². The summed E-state index contributed by atoms with van der Waals surface area (Å²) >= 11 is 0. The largest absolute Gasteiger partial charge is 0.395 e. The number of aromatic nitrogens is 1. The number of rotatable bonds is 4. The van der Waals surface area contributed by atoms with E-state index >= 15 is 0 Å². The Kier molecular flexibility index (Phi) is 5.23. The summed E-state index contributed by atoms with van der Waals surface area (Å²) in [6, 6.07) is 2.38. The minimum atomic E-state index is -0.224. The highest BCUT2D eigenvalue weighted by Crippen LogP contribution is 2.24. The van der Waals surface area contributed by atoms with Gasteiger partial charge in [0.25, 0.3) is 0 Å². The number of anilines is 1. The van der Waals surface area contributed by atoms with Crippen molar-refractivity contribution in [3.05, 3.63) is 24.3 Å². The molecule has 0 atom stereocenters. The number of piperidine rings is 1. The van der Waals surface area contributed by atoms with Gasteiger partial charge in [0.15, 0.2) is 5.82 Å². The van der Waals surface area contributed by atoms with Crippen molar-refractivity contribution >= 4 is 5.69 Å². The summed E-state index contributed by atoms with van der Waals surface area (Å²) < 4.78 is 13.8. The summed E-state index contributed by atoms with van der Waals surface area (Å²) in [6.07, 6.45) is 5.12. The molecule has 5 nitrogen and oxygen atoms in total. The number of hydrogen-bond acceptors (Lipinski definition) is 5. The van der Waals surface area contributed by atoms with Gasteiger partial charge in [-0.25, -0.2) is 4.39 Å². The third-order valence-corrected chi connectivity index (χ3v) is 4.90. The zero-order valence-corrected chi connectivity index (χ0v) is 13.0. The molecule has 1 N–H and O–H groups in total. The molecule has 1 aromatic heterocycles. The lowest BCUT2D eigenvalue weighted by molar-refractivity contribution is 0.0746. The first-order chi connectivity index (χ1) is 10.8. The molecule has 0 spiro atoms. The highest BCUT2D eigenvalue weighted by molar-refractivity contribution is 5.46. The molecule has 0 unspecified atom stereocenters. The van der Waals surface area contributed by atoms with E-state index in [1.807, 2.05) is 0 Å². The normalized spacial score (nSPS) is 22.2. The highest BCUT2D eigenvalue weighted by atomic mass is 19.1. The van der Waals surface area contributed by atoms with Crippen molar-refractivity contribution in [3.8, 4) is 0 Å². The first-order valence-electron chi connectivity index (χ1n) is 8.19. The number of aliphatic hydroxyl groups excluding tert-OH is 1. The van der Waals surface area contributed by atoms with Gasteiger partial charge in [0.2, 0.25) is 0 Å². The Hall–Kier alpha value is -1.24. The number of halogens is 1. The van der Waals surface area contributed by atoms with Crippen molar-refractivity contribution in [2.24, 2.45) is 0 Å². The molecule has 0 amide bonds. The average molecular weight is 308 g/mol. The molecule has 0 radical (unpaired) electrons. The zero-order chi connectivity index (χ0) is 15.4. The van der Waals surface area contributed by atoms with Gasteiger partial charge in [-0.05, 0) is 18.9 Å². The van der Waals surface area contributed by atoms with Crippen LogP contribution < -0.4 is 4.90 Å². The molecule has 2 aliphatic heterocycles. The van der Waals surface area contributed by atoms with Crippen LogP contribution in [0.1, 0.15) is 12.8 Å². The predicted molar refractivity (Wildman–Crippen MR) is 84.5 cm³/mol. The van der Waals surface area contributed by atoms with Gasteiger partial charge in [0.1, 0.15) is 0 Å². The SMILES string of the molecule is OCCN1CCN(C2CCN(c3ccncc3F)CC2)CC1. The van der Waals surface area contributed by atoms with E-state index in [1.165, 1.54) is 6.20 Å². The lowest BCUT2D eigenvalue weighted by atomic mass is 10.0. The fourth-order valence-corrected chi connectivity index (χ4v) is 3.59. The van der Waals surface area contributed by atoms with Crippen LogP contribution in [0.25, 0.3) is 0 Å². The molecule has 2 fully saturated rings. The number of aliphatic hydroxyl groups is 1. The molecule has 0 aliphatic carbocycles. The second-order valence-corrected chi connectivity index (χ2v) is 6.15. The van der Waals surface area contributed by atoms with Crippen molar-refractivity contribution in [2.45, 2.75) is 18.9 Å². The minimum absolute atomic E-state index is 0.224. The monoisotopic (exact) mass is 308 g/mol. The van der Waals surface area contributed by atoms with E-state index < -0.39 is 0 Å². The molecule has 0 bridgehead atoms. The van der Waals surface area contributed by atoms with Crippen molar-refractivity contribution in [1.82, 2.24) is 14.8 Å². The summed E-state index contributed by atoms with van der Waals surface area (Å²) in [5, 5.41) is 9.00. The molecule has 3 heterocycles. The van der Waals surface area contributed by atoms with E-state index in [-0.39, 0.29) is 12.4 Å². The molecular weight excluding hydrogens is 283 g/mol. The molecule has 22 heavy (non-hydrogen) atoms. The number of nitrogens with zero attached hydrogens (tertiary/aromatic N) is 4. The Balaban J connectivity index is 1.49. The van der Waals surface area contributed by atoms with Crippen LogP contribution in [0.15, 0.2) is 18.5 Å². The molecule has 1 aromatic rings. The van der Waals surface area contributed by atoms with Gasteiger partial charge in [-0.1, -0.05) is 0 Å². The Morgan fingerprint density at radius 2 is 1.86 bits per heavy atom. The van der Waals surface area contributed by atoms with E-state index in [9.17, 15) is 4.39 Å². The van der Waals surface area contributed by atoms with Crippen molar-refractivity contribution in [1.29, 1.82) is 0 Å². The zero-order valence-electron chi connectivity index (χ0n) is 13.0. The molecule has 122 valence electrons. The number of hydrogen-bond donors (Lipinski definition) is 1. The average Bonchev–Trinajstić information content (AvgIpc) is 2.57. The maximum Gasteiger partial charge on any atom is 0.164 e. The van der Waals surface area contributed by atoms with Crippen molar-refractivity contribution < 1.29 is 9.50 Å². The van der Waals surface area contributed by atoms with Crippen molar-refractivity contribution in [3.63, 3.8) is 0 Å². The second kappa shape index (κ2) is 7.35. The van der Waals surface area contributed by atoms with Crippen LogP contribution in [-0.2, 0) is 0 Å². The Morgan fingerprint density at radius 1 is 1.14 bits per heavy atom. The number of piperazine rings is 1. The fourth-order valence-electron chi connectivity index (χ4n) is 3.59. The van der Waals surface area contributed by atoms with Crippen LogP contribution >= 0.6 is 0 Å². The van der Waals surface area contributed by atoms with Crippen LogP contribution in [0.3, 0.4) is 0 Å². The van der Waals surface area contributed by atoms with Crippen LogP contribution in [0.5, 0.6) is 0 Å². The predicted octanol–water partition coefficient (Wildman–Crippen LogP) is 0.799. The maximum absolute atomic E-state index is 13.8. The minimum Gasteiger partial charge on any atom is -0.395 e. The van der Waals surface area contributed by atoms with E-state index in [4.69, 9.17) is 5.11 Å². The summed E-state index contributed by atoms with van der Waals surface area (Å²) in [7, 11) is 0. The van der Waals surface area contributed by atoms with Crippen LogP contribution in [-0.4, -0.2) is 78.4 Å². The first-order valence-corrected chi connectivity index (χ1v) is 8.19. The van der Waals surface area contributed by atoms with Crippen molar-refractivity contribution in [2.75, 3.05) is 57.3 Å². The van der Waals surface area contributed by atoms with Crippen LogP contribution in [0, 0.1) is 5.82 Å². The van der Waals surface area contributed by atoms with Gasteiger partial charge in [-0.15, -0.1) is 0 Å².